The highest BCUT2D eigenvalue weighted by Crippen LogP contribution is 1.95. The molecular weight excluding hydrogens is 132 g/mol. The largest absolute Gasteiger partial charge is 0.504 e. The molecule has 54 valence electrons. The molecule has 1 aromatic rings. The fourth-order valence-electron chi connectivity index (χ4n) is 0.695. The van der Waals surface area contributed by atoms with E-state index in [1.54, 1.807) is 0 Å². The number of rotatable bonds is 0. The van der Waals surface area contributed by atoms with Gasteiger partial charge in [-0.15, -0.1) is 0 Å². The lowest BCUT2D eigenvalue weighted by Crippen LogP contribution is -2.17. The highest BCUT2D eigenvalue weighted by Gasteiger charge is 1.93. The number of pyridine rings is 1. The van der Waals surface area contributed by atoms with Gasteiger partial charge in [-0.05, 0) is 12.1 Å². The standard InChI is InChI=1S/C6H8N2O2/c1-7-6-5(9)3-2-4-8(6)10/h2-4,9-10H,1H3. The minimum Gasteiger partial charge on any atom is -0.504 e. The average molecular weight is 140 g/mol. The van der Waals surface area contributed by atoms with Crippen molar-refractivity contribution in [3.8, 4) is 5.75 Å². The normalized spacial score (nSPS) is 11.9. The van der Waals surface area contributed by atoms with Gasteiger partial charge in [0.2, 0.25) is 5.49 Å². The van der Waals surface area contributed by atoms with Crippen LogP contribution < -0.4 is 5.49 Å². The Bertz CT molecular complexity index is 267. The van der Waals surface area contributed by atoms with Crippen molar-refractivity contribution in [2.45, 2.75) is 0 Å². The Morgan fingerprint density at radius 1 is 1.60 bits per heavy atom. The Hall–Kier alpha value is -1.45. The molecule has 4 heteroatoms. The SMILES string of the molecule is CN=c1c(O)cccn1O. The van der Waals surface area contributed by atoms with Crippen molar-refractivity contribution in [2.24, 2.45) is 4.99 Å². The van der Waals surface area contributed by atoms with Gasteiger partial charge in [0.05, 0.1) is 0 Å². The lowest BCUT2D eigenvalue weighted by molar-refractivity contribution is 0.168. The van der Waals surface area contributed by atoms with Gasteiger partial charge in [-0.2, -0.15) is 4.73 Å². The van der Waals surface area contributed by atoms with Gasteiger partial charge in [0.1, 0.15) is 0 Å². The summed E-state index contributed by atoms with van der Waals surface area (Å²) in [6.07, 6.45) is 1.39. The highest BCUT2D eigenvalue weighted by atomic mass is 16.5. The molecular formula is C6H8N2O2. The van der Waals surface area contributed by atoms with Gasteiger partial charge < -0.3 is 10.3 Å². The first-order valence-electron chi connectivity index (χ1n) is 2.78. The molecule has 0 fully saturated rings. The summed E-state index contributed by atoms with van der Waals surface area (Å²) in [4.78, 5) is 3.63. The van der Waals surface area contributed by atoms with E-state index in [4.69, 9.17) is 10.3 Å². The molecule has 10 heavy (non-hydrogen) atoms. The van der Waals surface area contributed by atoms with Gasteiger partial charge in [-0.1, -0.05) is 0 Å². The Morgan fingerprint density at radius 3 is 2.70 bits per heavy atom. The van der Waals surface area contributed by atoms with Crippen LogP contribution in [0.5, 0.6) is 5.75 Å². The maximum absolute atomic E-state index is 9.02. The van der Waals surface area contributed by atoms with Gasteiger partial charge in [0, 0.05) is 13.2 Å². The summed E-state index contributed by atoms with van der Waals surface area (Å²) in [6.45, 7) is 0. The molecule has 0 amide bonds. The highest BCUT2D eigenvalue weighted by molar-refractivity contribution is 5.13. The summed E-state index contributed by atoms with van der Waals surface area (Å²) in [5, 5.41) is 18.0. The molecule has 0 aliphatic heterocycles. The smallest absolute Gasteiger partial charge is 0.205 e. The lowest BCUT2D eigenvalue weighted by atomic mass is 10.4. The van der Waals surface area contributed by atoms with Crippen LogP contribution in [0.2, 0.25) is 0 Å². The molecule has 0 radical (unpaired) electrons. The second kappa shape index (κ2) is 2.43. The first-order chi connectivity index (χ1) is 4.75. The van der Waals surface area contributed by atoms with Crippen LogP contribution in [0.25, 0.3) is 0 Å². The maximum Gasteiger partial charge on any atom is 0.205 e. The van der Waals surface area contributed by atoms with E-state index < -0.39 is 0 Å². The van der Waals surface area contributed by atoms with Crippen molar-refractivity contribution in [1.82, 2.24) is 4.73 Å². The molecule has 0 aromatic carbocycles. The molecule has 0 aliphatic rings. The minimum absolute atomic E-state index is 0.0347. The monoisotopic (exact) mass is 140 g/mol. The molecule has 0 saturated carbocycles. The van der Waals surface area contributed by atoms with Crippen LogP contribution in [0.15, 0.2) is 23.3 Å². The third-order valence-electron chi connectivity index (χ3n) is 1.14. The van der Waals surface area contributed by atoms with E-state index in [1.165, 1.54) is 25.4 Å². The number of aromatic hydroxyl groups is 1. The number of hydrogen-bond donors (Lipinski definition) is 2. The number of hydrogen-bond acceptors (Lipinski definition) is 3. The molecule has 0 unspecified atom stereocenters. The van der Waals surface area contributed by atoms with Crippen LogP contribution in [0, 0.1) is 0 Å². The van der Waals surface area contributed by atoms with E-state index in [2.05, 4.69) is 4.99 Å². The molecule has 0 aliphatic carbocycles. The van der Waals surface area contributed by atoms with E-state index in [1.807, 2.05) is 0 Å². The molecule has 1 rings (SSSR count). The van der Waals surface area contributed by atoms with E-state index in [0.29, 0.717) is 0 Å². The summed E-state index contributed by atoms with van der Waals surface area (Å²) >= 11 is 0. The van der Waals surface area contributed by atoms with Crippen molar-refractivity contribution >= 4 is 0 Å². The summed E-state index contributed by atoms with van der Waals surface area (Å²) in [6, 6.07) is 2.97. The van der Waals surface area contributed by atoms with Crippen LogP contribution in [0.3, 0.4) is 0 Å². The van der Waals surface area contributed by atoms with Gasteiger partial charge in [0.25, 0.3) is 0 Å². The van der Waals surface area contributed by atoms with Crippen LogP contribution >= 0.6 is 0 Å². The molecule has 2 N–H and O–H groups in total. The first-order valence-corrected chi connectivity index (χ1v) is 2.78. The molecule has 0 atom stereocenters. The van der Waals surface area contributed by atoms with Crippen LogP contribution in [0.1, 0.15) is 0 Å². The van der Waals surface area contributed by atoms with Crippen molar-refractivity contribution in [3.05, 3.63) is 23.8 Å². The fraction of sp³-hybridized carbons (Fsp3) is 0.167. The summed E-state index contributed by atoms with van der Waals surface area (Å²) in [7, 11) is 1.49. The molecule has 0 bridgehead atoms. The predicted molar refractivity (Wildman–Crippen MR) is 34.8 cm³/mol. The van der Waals surface area contributed by atoms with Crippen molar-refractivity contribution in [3.63, 3.8) is 0 Å². The van der Waals surface area contributed by atoms with Gasteiger partial charge >= 0.3 is 0 Å². The van der Waals surface area contributed by atoms with Crippen molar-refractivity contribution in [2.75, 3.05) is 7.05 Å². The Labute approximate surface area is 57.7 Å². The first kappa shape index (κ1) is 6.67. The zero-order valence-electron chi connectivity index (χ0n) is 5.52. The van der Waals surface area contributed by atoms with Crippen LogP contribution in [-0.2, 0) is 0 Å². The third kappa shape index (κ3) is 0.953. The fourth-order valence-corrected chi connectivity index (χ4v) is 0.695. The zero-order chi connectivity index (χ0) is 7.56. The minimum atomic E-state index is -0.0347. The molecule has 1 aromatic heterocycles. The molecule has 1 heterocycles. The second-order valence-electron chi connectivity index (χ2n) is 1.79. The molecule has 4 nitrogen and oxygen atoms in total. The summed E-state index contributed by atoms with van der Waals surface area (Å²) in [5.74, 6) is -0.0347. The van der Waals surface area contributed by atoms with Gasteiger partial charge in [-0.25, -0.2) is 0 Å². The topological polar surface area (TPSA) is 57.8 Å². The second-order valence-corrected chi connectivity index (χ2v) is 1.79. The average Bonchev–Trinajstić information content (AvgIpc) is 1.88. The van der Waals surface area contributed by atoms with Gasteiger partial charge in [0.15, 0.2) is 5.75 Å². The Morgan fingerprint density at radius 2 is 2.30 bits per heavy atom. The van der Waals surface area contributed by atoms with Gasteiger partial charge in [-0.3, -0.25) is 4.99 Å². The predicted octanol–water partition coefficient (Wildman–Crippen LogP) is -0.0385. The van der Waals surface area contributed by atoms with E-state index in [0.717, 1.165) is 4.73 Å². The molecule has 0 spiro atoms. The van der Waals surface area contributed by atoms with Crippen LogP contribution in [0.4, 0.5) is 0 Å². The molecule has 0 saturated heterocycles. The van der Waals surface area contributed by atoms with E-state index in [9.17, 15) is 0 Å². The third-order valence-corrected chi connectivity index (χ3v) is 1.14. The Kier molecular flexibility index (Phi) is 1.62. The number of nitrogens with zero attached hydrogens (tertiary/aromatic N) is 2. The summed E-state index contributed by atoms with van der Waals surface area (Å²) < 4.78 is 0.759. The quantitative estimate of drug-likeness (QED) is 0.497. The van der Waals surface area contributed by atoms with E-state index >= 15 is 0 Å². The van der Waals surface area contributed by atoms with E-state index in [-0.39, 0.29) is 11.2 Å². The summed E-state index contributed by atoms with van der Waals surface area (Å²) in [5.41, 5.74) is 0.155. The number of aromatic nitrogens is 1. The maximum atomic E-state index is 9.02. The zero-order valence-corrected chi connectivity index (χ0v) is 5.52. The van der Waals surface area contributed by atoms with Crippen molar-refractivity contribution in [1.29, 1.82) is 0 Å². The van der Waals surface area contributed by atoms with Crippen LogP contribution in [-0.4, -0.2) is 22.1 Å². The Balaban J connectivity index is 3.47. The van der Waals surface area contributed by atoms with Crippen molar-refractivity contribution < 1.29 is 10.3 Å². The lowest BCUT2D eigenvalue weighted by Gasteiger charge is -1.97.